The first-order chi connectivity index (χ1) is 10.5. The minimum atomic E-state index is -0.536. The van der Waals surface area contributed by atoms with Gasteiger partial charge in [0.25, 0.3) is 0 Å². The van der Waals surface area contributed by atoms with Crippen molar-refractivity contribution < 1.29 is 14.3 Å². The number of hydrogen-bond acceptors (Lipinski definition) is 3. The van der Waals surface area contributed by atoms with Crippen LogP contribution in [0.5, 0.6) is 0 Å². The van der Waals surface area contributed by atoms with Crippen molar-refractivity contribution in [3.05, 3.63) is 46.1 Å². The van der Waals surface area contributed by atoms with Crippen molar-refractivity contribution in [3.8, 4) is 0 Å². The van der Waals surface area contributed by atoms with Crippen LogP contribution in [0.1, 0.15) is 32.4 Å². The second kappa shape index (κ2) is 6.83. The van der Waals surface area contributed by atoms with Crippen molar-refractivity contribution in [1.82, 2.24) is 10.2 Å². The normalized spacial score (nSPS) is 18.3. The molecule has 0 bridgehead atoms. The van der Waals surface area contributed by atoms with Gasteiger partial charge in [-0.25, -0.2) is 9.59 Å². The number of nitrogens with one attached hydrogen (secondary N) is 1. The number of ether oxygens (including phenoxy) is 1. The summed E-state index contributed by atoms with van der Waals surface area (Å²) in [6.07, 6.45) is 0. The largest absolute Gasteiger partial charge is 0.463 e. The van der Waals surface area contributed by atoms with Crippen molar-refractivity contribution in [3.63, 3.8) is 0 Å². The topological polar surface area (TPSA) is 58.6 Å². The SMILES string of the molecule is CCOC(=O)C1=C(C)N(CC)C(=O)NC1c1ccc(Cl)cc1. The summed E-state index contributed by atoms with van der Waals surface area (Å²) < 4.78 is 5.15. The lowest BCUT2D eigenvalue weighted by molar-refractivity contribution is -0.139. The highest BCUT2D eigenvalue weighted by molar-refractivity contribution is 6.30. The molecule has 1 N–H and O–H groups in total. The van der Waals surface area contributed by atoms with Crippen LogP contribution < -0.4 is 5.32 Å². The maximum atomic E-state index is 12.3. The predicted molar refractivity (Wildman–Crippen MR) is 84.4 cm³/mol. The van der Waals surface area contributed by atoms with Crippen LogP contribution in [0.4, 0.5) is 4.79 Å². The lowest BCUT2D eigenvalue weighted by atomic mass is 9.95. The molecule has 1 aliphatic rings. The monoisotopic (exact) mass is 322 g/mol. The quantitative estimate of drug-likeness (QED) is 0.866. The molecule has 22 heavy (non-hydrogen) atoms. The van der Waals surface area contributed by atoms with Gasteiger partial charge in [0.05, 0.1) is 18.2 Å². The molecule has 5 nitrogen and oxygen atoms in total. The minimum absolute atomic E-state index is 0.229. The second-order valence-electron chi connectivity index (χ2n) is 4.90. The van der Waals surface area contributed by atoms with E-state index >= 15 is 0 Å². The molecule has 6 heteroatoms. The fourth-order valence-electron chi connectivity index (χ4n) is 2.54. The maximum Gasteiger partial charge on any atom is 0.338 e. The fourth-order valence-corrected chi connectivity index (χ4v) is 2.67. The molecule has 0 aliphatic carbocycles. The molecule has 1 aromatic rings. The highest BCUT2D eigenvalue weighted by Gasteiger charge is 2.35. The zero-order valence-electron chi connectivity index (χ0n) is 12.9. The van der Waals surface area contributed by atoms with Crippen LogP contribution in [0.3, 0.4) is 0 Å². The Bertz CT molecular complexity index is 610. The smallest absolute Gasteiger partial charge is 0.338 e. The van der Waals surface area contributed by atoms with Crippen LogP contribution in [-0.2, 0) is 9.53 Å². The molecule has 0 spiro atoms. The van der Waals surface area contributed by atoms with E-state index in [0.29, 0.717) is 22.8 Å². The maximum absolute atomic E-state index is 12.3. The molecule has 0 radical (unpaired) electrons. The molecule has 2 rings (SSSR count). The first kappa shape index (κ1) is 16.4. The molecular formula is C16H19ClN2O3. The number of carbonyl (C=O) groups excluding carboxylic acids is 2. The van der Waals surface area contributed by atoms with E-state index in [4.69, 9.17) is 16.3 Å². The van der Waals surface area contributed by atoms with Crippen LogP contribution in [0, 0.1) is 0 Å². The van der Waals surface area contributed by atoms with Gasteiger partial charge in [-0.15, -0.1) is 0 Å². The Kier molecular flexibility index (Phi) is 5.08. The van der Waals surface area contributed by atoms with Crippen molar-refractivity contribution >= 4 is 23.6 Å². The van der Waals surface area contributed by atoms with E-state index in [9.17, 15) is 9.59 Å². The van der Waals surface area contributed by atoms with E-state index in [1.165, 1.54) is 4.90 Å². The standard InChI is InChI=1S/C16H19ClN2O3/c1-4-19-10(3)13(15(20)22-5-2)14(18-16(19)21)11-6-8-12(17)9-7-11/h6-9,14H,4-5H2,1-3H3,(H,18,21). The molecule has 1 atom stereocenters. The van der Waals surface area contributed by atoms with Gasteiger partial charge < -0.3 is 10.1 Å². The highest BCUT2D eigenvalue weighted by Crippen LogP contribution is 2.31. The number of allylic oxidation sites excluding steroid dienone is 1. The van der Waals surface area contributed by atoms with Crippen molar-refractivity contribution in [2.24, 2.45) is 0 Å². The van der Waals surface area contributed by atoms with Gasteiger partial charge in [-0.2, -0.15) is 0 Å². The van der Waals surface area contributed by atoms with Gasteiger partial charge in [-0.3, -0.25) is 4.90 Å². The highest BCUT2D eigenvalue weighted by atomic mass is 35.5. The molecular weight excluding hydrogens is 304 g/mol. The van der Waals surface area contributed by atoms with Crippen LogP contribution in [0.2, 0.25) is 5.02 Å². The molecule has 0 saturated heterocycles. The van der Waals surface area contributed by atoms with Gasteiger partial charge in [-0.1, -0.05) is 23.7 Å². The molecule has 0 aromatic heterocycles. The third kappa shape index (κ3) is 3.09. The number of esters is 1. The Hall–Kier alpha value is -2.01. The van der Waals surface area contributed by atoms with Crippen LogP contribution in [0.25, 0.3) is 0 Å². The summed E-state index contributed by atoms with van der Waals surface area (Å²) in [7, 11) is 0. The first-order valence-electron chi connectivity index (χ1n) is 7.21. The summed E-state index contributed by atoms with van der Waals surface area (Å²) in [5, 5.41) is 3.45. The number of carbonyl (C=O) groups is 2. The van der Waals surface area contributed by atoms with E-state index < -0.39 is 12.0 Å². The van der Waals surface area contributed by atoms with Gasteiger partial charge in [-0.05, 0) is 38.5 Å². The van der Waals surface area contributed by atoms with E-state index in [1.54, 1.807) is 38.1 Å². The lowest BCUT2D eigenvalue weighted by Crippen LogP contribution is -2.47. The van der Waals surface area contributed by atoms with E-state index in [1.807, 2.05) is 6.92 Å². The average Bonchev–Trinajstić information content (AvgIpc) is 2.48. The lowest BCUT2D eigenvalue weighted by Gasteiger charge is -2.34. The molecule has 1 aliphatic heterocycles. The number of halogens is 1. The summed E-state index contributed by atoms with van der Waals surface area (Å²) in [6.45, 7) is 6.13. The van der Waals surface area contributed by atoms with Crippen LogP contribution >= 0.6 is 11.6 Å². The molecule has 1 unspecified atom stereocenters. The number of urea groups is 1. The van der Waals surface area contributed by atoms with Crippen molar-refractivity contribution in [2.45, 2.75) is 26.8 Å². The summed E-state index contributed by atoms with van der Waals surface area (Å²) in [5.74, 6) is -0.418. The molecule has 2 amide bonds. The van der Waals surface area contributed by atoms with Crippen LogP contribution in [-0.4, -0.2) is 30.1 Å². The van der Waals surface area contributed by atoms with Gasteiger partial charge in [0.1, 0.15) is 0 Å². The number of amides is 2. The number of nitrogens with zero attached hydrogens (tertiary/aromatic N) is 1. The molecule has 1 aromatic carbocycles. The zero-order chi connectivity index (χ0) is 16.3. The first-order valence-corrected chi connectivity index (χ1v) is 7.58. The second-order valence-corrected chi connectivity index (χ2v) is 5.33. The van der Waals surface area contributed by atoms with Gasteiger partial charge in [0, 0.05) is 17.3 Å². The van der Waals surface area contributed by atoms with Crippen molar-refractivity contribution in [1.29, 1.82) is 0 Å². The molecule has 1 heterocycles. The zero-order valence-corrected chi connectivity index (χ0v) is 13.6. The van der Waals surface area contributed by atoms with Crippen molar-refractivity contribution in [2.75, 3.05) is 13.2 Å². The van der Waals surface area contributed by atoms with E-state index in [0.717, 1.165) is 5.56 Å². The van der Waals surface area contributed by atoms with E-state index in [-0.39, 0.29) is 12.6 Å². The predicted octanol–water partition coefficient (Wildman–Crippen LogP) is 3.26. The molecule has 0 fully saturated rings. The summed E-state index contributed by atoms with van der Waals surface area (Å²) in [5.41, 5.74) is 1.85. The average molecular weight is 323 g/mol. The Labute approximate surface area is 134 Å². The Morgan fingerprint density at radius 3 is 2.50 bits per heavy atom. The molecule has 118 valence electrons. The number of hydrogen-bond donors (Lipinski definition) is 1. The number of benzene rings is 1. The van der Waals surface area contributed by atoms with Gasteiger partial charge in [0.15, 0.2) is 0 Å². The Morgan fingerprint density at radius 2 is 1.95 bits per heavy atom. The number of rotatable bonds is 4. The van der Waals surface area contributed by atoms with Gasteiger partial charge >= 0.3 is 12.0 Å². The summed E-state index contributed by atoms with van der Waals surface area (Å²) in [4.78, 5) is 26.1. The Balaban J connectivity index is 2.50. The van der Waals surface area contributed by atoms with E-state index in [2.05, 4.69) is 5.32 Å². The fraction of sp³-hybridized carbons (Fsp3) is 0.375. The molecule has 0 saturated carbocycles. The third-order valence-corrected chi connectivity index (χ3v) is 3.86. The third-order valence-electron chi connectivity index (χ3n) is 3.61. The summed E-state index contributed by atoms with van der Waals surface area (Å²) >= 11 is 5.90. The van der Waals surface area contributed by atoms with Crippen LogP contribution in [0.15, 0.2) is 35.5 Å². The summed E-state index contributed by atoms with van der Waals surface area (Å²) in [6, 6.07) is 6.28. The Morgan fingerprint density at radius 1 is 1.32 bits per heavy atom. The minimum Gasteiger partial charge on any atom is -0.463 e. The van der Waals surface area contributed by atoms with Gasteiger partial charge in [0.2, 0.25) is 0 Å².